The molecule has 8 aromatic rings. The SMILES string of the molecule is c1ccc2cc(-c3ccc4cc(-c5ccc6ccc(-c7cccc8cccnc78)nc6c5)ccc4n3)ccc2c1. The number of rotatable bonds is 3. The van der Waals surface area contributed by atoms with E-state index in [1.165, 1.54) is 10.8 Å². The molecule has 3 aromatic heterocycles. The van der Waals surface area contributed by atoms with Crippen molar-refractivity contribution in [2.24, 2.45) is 0 Å². The van der Waals surface area contributed by atoms with Crippen LogP contribution in [0.15, 0.2) is 140 Å². The van der Waals surface area contributed by atoms with Crippen LogP contribution in [0.2, 0.25) is 0 Å². The van der Waals surface area contributed by atoms with E-state index in [1.807, 2.05) is 12.3 Å². The van der Waals surface area contributed by atoms with Gasteiger partial charge in [-0.1, -0.05) is 91.0 Å². The van der Waals surface area contributed by atoms with Crippen LogP contribution in [0.4, 0.5) is 0 Å². The summed E-state index contributed by atoms with van der Waals surface area (Å²) in [4.78, 5) is 14.7. The van der Waals surface area contributed by atoms with Gasteiger partial charge in [-0.15, -0.1) is 0 Å². The molecule has 0 bridgehead atoms. The fraction of sp³-hybridized carbons (Fsp3) is 0. The van der Waals surface area contributed by atoms with Crippen LogP contribution in [-0.2, 0) is 0 Å². The summed E-state index contributed by atoms with van der Waals surface area (Å²) in [5, 5.41) is 5.81. The number of fused-ring (bicyclic) bond motifs is 4. The third kappa shape index (κ3) is 3.88. The van der Waals surface area contributed by atoms with Crippen LogP contribution in [0.3, 0.4) is 0 Å². The second-order valence-corrected chi connectivity index (χ2v) is 10.2. The second kappa shape index (κ2) is 9.11. The Labute approximate surface area is 231 Å². The summed E-state index contributed by atoms with van der Waals surface area (Å²) in [6.45, 7) is 0. The highest BCUT2D eigenvalue weighted by atomic mass is 14.7. The molecule has 0 fully saturated rings. The first kappa shape index (κ1) is 22.6. The first-order chi connectivity index (χ1) is 19.8. The largest absolute Gasteiger partial charge is 0.256 e. The minimum atomic E-state index is 0.929. The van der Waals surface area contributed by atoms with Crippen molar-refractivity contribution in [1.82, 2.24) is 15.0 Å². The Morgan fingerprint density at radius 3 is 2.02 bits per heavy atom. The first-order valence-corrected chi connectivity index (χ1v) is 13.4. The zero-order valence-electron chi connectivity index (χ0n) is 21.6. The lowest BCUT2D eigenvalue weighted by molar-refractivity contribution is 1.37. The number of benzene rings is 5. The molecule has 0 radical (unpaired) electrons. The van der Waals surface area contributed by atoms with E-state index in [9.17, 15) is 0 Å². The molecule has 3 heterocycles. The number of aromatic nitrogens is 3. The fourth-order valence-corrected chi connectivity index (χ4v) is 5.57. The van der Waals surface area contributed by atoms with Crippen LogP contribution in [-0.4, -0.2) is 15.0 Å². The molecule has 40 heavy (non-hydrogen) atoms. The molecule has 0 aliphatic rings. The summed E-state index contributed by atoms with van der Waals surface area (Å²) >= 11 is 0. The third-order valence-electron chi connectivity index (χ3n) is 7.67. The van der Waals surface area contributed by atoms with Gasteiger partial charge in [0, 0.05) is 33.5 Å². The Balaban J connectivity index is 1.17. The van der Waals surface area contributed by atoms with E-state index in [-0.39, 0.29) is 0 Å². The number of hydrogen-bond acceptors (Lipinski definition) is 3. The van der Waals surface area contributed by atoms with Gasteiger partial charge >= 0.3 is 0 Å². The summed E-state index contributed by atoms with van der Waals surface area (Å²) in [6.07, 6.45) is 1.84. The molecule has 3 heteroatoms. The molecule has 0 amide bonds. The van der Waals surface area contributed by atoms with Gasteiger partial charge in [0.1, 0.15) is 0 Å². The van der Waals surface area contributed by atoms with Crippen molar-refractivity contribution in [1.29, 1.82) is 0 Å². The van der Waals surface area contributed by atoms with Crippen molar-refractivity contribution in [3.63, 3.8) is 0 Å². The van der Waals surface area contributed by atoms with E-state index in [0.717, 1.165) is 66.4 Å². The smallest absolute Gasteiger partial charge is 0.0795 e. The average molecular weight is 510 g/mol. The van der Waals surface area contributed by atoms with Crippen LogP contribution in [0.5, 0.6) is 0 Å². The van der Waals surface area contributed by atoms with Gasteiger partial charge in [0.15, 0.2) is 0 Å². The maximum absolute atomic E-state index is 5.06. The van der Waals surface area contributed by atoms with Gasteiger partial charge in [-0.3, -0.25) is 4.98 Å². The maximum Gasteiger partial charge on any atom is 0.0795 e. The summed E-state index contributed by atoms with van der Waals surface area (Å²) in [5.41, 5.74) is 9.29. The Bertz CT molecular complexity index is 2230. The fourth-order valence-electron chi connectivity index (χ4n) is 5.57. The highest BCUT2D eigenvalue weighted by molar-refractivity contribution is 5.95. The van der Waals surface area contributed by atoms with Crippen molar-refractivity contribution >= 4 is 43.5 Å². The Hall–Kier alpha value is -5.41. The lowest BCUT2D eigenvalue weighted by Crippen LogP contribution is -1.90. The lowest BCUT2D eigenvalue weighted by Gasteiger charge is -2.09. The van der Waals surface area contributed by atoms with E-state index in [1.54, 1.807) is 0 Å². The molecule has 0 aliphatic heterocycles. The van der Waals surface area contributed by atoms with E-state index in [2.05, 4.69) is 132 Å². The standard InChI is InChI=1S/C37H23N3/c1-2-6-27-21-30(13-10-24(27)5-1)34-18-16-31-22-28(15-17-33(31)39-34)29-12-11-25-14-19-35(40-36(25)23-29)32-9-3-7-26-8-4-20-38-37(26)32/h1-23H. The topological polar surface area (TPSA) is 38.7 Å². The predicted molar refractivity (Wildman–Crippen MR) is 166 cm³/mol. The molecule has 0 atom stereocenters. The van der Waals surface area contributed by atoms with E-state index >= 15 is 0 Å². The summed E-state index contributed by atoms with van der Waals surface area (Å²) in [6, 6.07) is 46.7. The number of hydrogen-bond donors (Lipinski definition) is 0. The van der Waals surface area contributed by atoms with Crippen LogP contribution < -0.4 is 0 Å². The van der Waals surface area contributed by atoms with Gasteiger partial charge in [0.2, 0.25) is 0 Å². The first-order valence-electron chi connectivity index (χ1n) is 13.4. The molecule has 186 valence electrons. The molecule has 8 rings (SSSR count). The zero-order valence-corrected chi connectivity index (χ0v) is 21.6. The molecule has 3 nitrogen and oxygen atoms in total. The van der Waals surface area contributed by atoms with Crippen LogP contribution >= 0.6 is 0 Å². The lowest BCUT2D eigenvalue weighted by atomic mass is 10.00. The van der Waals surface area contributed by atoms with Gasteiger partial charge in [-0.25, -0.2) is 9.97 Å². The minimum absolute atomic E-state index is 0.929. The molecular weight excluding hydrogens is 486 g/mol. The molecule has 0 aliphatic carbocycles. The van der Waals surface area contributed by atoms with Crippen molar-refractivity contribution in [2.45, 2.75) is 0 Å². The van der Waals surface area contributed by atoms with Crippen molar-refractivity contribution in [3.8, 4) is 33.6 Å². The molecule has 5 aromatic carbocycles. The molecule has 0 saturated carbocycles. The molecule has 0 saturated heterocycles. The third-order valence-corrected chi connectivity index (χ3v) is 7.67. The van der Waals surface area contributed by atoms with E-state index < -0.39 is 0 Å². The highest BCUT2D eigenvalue weighted by Gasteiger charge is 2.09. The quantitative estimate of drug-likeness (QED) is 0.238. The monoisotopic (exact) mass is 509 g/mol. The minimum Gasteiger partial charge on any atom is -0.256 e. The summed E-state index contributed by atoms with van der Waals surface area (Å²) in [7, 11) is 0. The van der Waals surface area contributed by atoms with Crippen LogP contribution in [0, 0.1) is 0 Å². The maximum atomic E-state index is 5.06. The number of pyridine rings is 3. The van der Waals surface area contributed by atoms with Gasteiger partial charge in [0.05, 0.1) is 27.9 Å². The van der Waals surface area contributed by atoms with Crippen molar-refractivity contribution < 1.29 is 0 Å². The predicted octanol–water partition coefficient (Wildman–Crippen LogP) is 9.49. The van der Waals surface area contributed by atoms with Gasteiger partial charge in [-0.2, -0.15) is 0 Å². The second-order valence-electron chi connectivity index (χ2n) is 10.2. The Kier molecular flexibility index (Phi) is 5.14. The Morgan fingerprint density at radius 1 is 0.375 bits per heavy atom. The Morgan fingerprint density at radius 2 is 1.05 bits per heavy atom. The van der Waals surface area contributed by atoms with Gasteiger partial charge in [0.25, 0.3) is 0 Å². The summed E-state index contributed by atoms with van der Waals surface area (Å²) in [5.74, 6) is 0. The van der Waals surface area contributed by atoms with E-state index in [4.69, 9.17) is 9.97 Å². The number of nitrogens with zero attached hydrogens (tertiary/aromatic N) is 3. The molecule has 0 unspecified atom stereocenters. The van der Waals surface area contributed by atoms with Gasteiger partial charge in [-0.05, 0) is 64.4 Å². The molecular formula is C37H23N3. The van der Waals surface area contributed by atoms with Crippen LogP contribution in [0.1, 0.15) is 0 Å². The molecule has 0 N–H and O–H groups in total. The van der Waals surface area contributed by atoms with Crippen LogP contribution in [0.25, 0.3) is 77.1 Å². The zero-order chi connectivity index (χ0) is 26.5. The molecule has 0 spiro atoms. The van der Waals surface area contributed by atoms with Crippen molar-refractivity contribution in [2.75, 3.05) is 0 Å². The van der Waals surface area contributed by atoms with Crippen molar-refractivity contribution in [3.05, 3.63) is 140 Å². The average Bonchev–Trinajstić information content (AvgIpc) is 3.03. The van der Waals surface area contributed by atoms with E-state index in [0.29, 0.717) is 0 Å². The normalized spacial score (nSPS) is 11.5. The van der Waals surface area contributed by atoms with Gasteiger partial charge < -0.3 is 0 Å². The number of para-hydroxylation sites is 1. The summed E-state index contributed by atoms with van der Waals surface area (Å²) < 4.78 is 0. The highest BCUT2D eigenvalue weighted by Crippen LogP contribution is 2.31.